The molecule has 1 atom stereocenters. The van der Waals surface area contributed by atoms with E-state index in [-0.39, 0.29) is 23.9 Å². The van der Waals surface area contributed by atoms with Gasteiger partial charge in [0.1, 0.15) is 10.1 Å². The van der Waals surface area contributed by atoms with Gasteiger partial charge in [-0.15, -0.1) is 0 Å². The SMILES string of the molecule is CCC(C)(C)[SiH2]OS(=O)(=O)C(C)S(=O)(=O)[O-].[Li+]. The van der Waals surface area contributed by atoms with Gasteiger partial charge in [-0.3, -0.25) is 0 Å². The van der Waals surface area contributed by atoms with E-state index in [1.807, 2.05) is 20.8 Å². The van der Waals surface area contributed by atoms with Gasteiger partial charge in [0.05, 0.1) is 0 Å². The van der Waals surface area contributed by atoms with Crippen LogP contribution in [0.4, 0.5) is 0 Å². The normalized spacial score (nSPS) is 15.8. The van der Waals surface area contributed by atoms with Crippen molar-refractivity contribution >= 4 is 30.0 Å². The molecular formula is C7H17LiO6S2Si. The van der Waals surface area contributed by atoms with Crippen LogP contribution in [0.15, 0.2) is 0 Å². The topological polar surface area (TPSA) is 101 Å². The second-order valence-electron chi connectivity index (χ2n) is 4.33. The fourth-order valence-corrected chi connectivity index (χ4v) is 5.14. The molecule has 0 spiro atoms. The third-order valence-electron chi connectivity index (χ3n) is 2.38. The smallest absolute Gasteiger partial charge is 0.747 e. The minimum Gasteiger partial charge on any atom is -0.747 e. The van der Waals surface area contributed by atoms with Gasteiger partial charge in [-0.25, -0.2) is 8.42 Å². The zero-order chi connectivity index (χ0) is 13.2. The first kappa shape index (κ1) is 20.0. The van der Waals surface area contributed by atoms with Crippen molar-refractivity contribution in [2.45, 2.75) is 43.7 Å². The van der Waals surface area contributed by atoms with Crippen LogP contribution in [0.3, 0.4) is 0 Å². The minimum absolute atomic E-state index is 0. The van der Waals surface area contributed by atoms with Gasteiger partial charge in [-0.2, -0.15) is 8.42 Å². The summed E-state index contributed by atoms with van der Waals surface area (Å²) in [6.07, 6.45) is 0.729. The molecule has 17 heavy (non-hydrogen) atoms. The van der Waals surface area contributed by atoms with Gasteiger partial charge >= 0.3 is 18.9 Å². The Hall–Kier alpha value is 0.634. The zero-order valence-electron chi connectivity index (χ0n) is 10.8. The average Bonchev–Trinajstić information content (AvgIpc) is 2.13. The van der Waals surface area contributed by atoms with Crippen LogP contribution in [-0.2, 0) is 24.1 Å². The first-order valence-corrected chi connectivity index (χ1v) is 8.98. The molecule has 0 aromatic carbocycles. The van der Waals surface area contributed by atoms with E-state index in [1.165, 1.54) is 0 Å². The summed E-state index contributed by atoms with van der Waals surface area (Å²) >= 11 is 0. The molecule has 10 heteroatoms. The summed E-state index contributed by atoms with van der Waals surface area (Å²) in [5.41, 5.74) is 0. The third kappa shape index (κ3) is 6.95. The predicted molar refractivity (Wildman–Crippen MR) is 62.0 cm³/mol. The van der Waals surface area contributed by atoms with Gasteiger partial charge in [0, 0.05) is 0 Å². The quantitative estimate of drug-likeness (QED) is 0.381. The molecule has 1 unspecified atom stereocenters. The van der Waals surface area contributed by atoms with Crippen molar-refractivity contribution < 1.29 is 44.1 Å². The standard InChI is InChI=1S/C7H18O6S2Si.Li/c1-5-7(3,4)16-13-15(11,12)6(2)14(8,9)10;/h6H,5,16H2,1-4H3,(H,8,9,10);/q;+1/p-1. The molecule has 0 amide bonds. The maximum atomic E-state index is 11.4. The Morgan fingerprint density at radius 1 is 1.29 bits per heavy atom. The summed E-state index contributed by atoms with van der Waals surface area (Å²) in [4.78, 5) is 0. The van der Waals surface area contributed by atoms with Crippen LogP contribution < -0.4 is 18.9 Å². The molecule has 98 valence electrons. The first-order chi connectivity index (χ1) is 6.92. The summed E-state index contributed by atoms with van der Waals surface area (Å²) in [6, 6.07) is 0. The van der Waals surface area contributed by atoms with Crippen LogP contribution in [0, 0.1) is 0 Å². The average molecular weight is 296 g/mol. The summed E-state index contributed by atoms with van der Waals surface area (Å²) in [6.45, 7) is 6.39. The van der Waals surface area contributed by atoms with Crippen LogP contribution in [0.25, 0.3) is 0 Å². The molecule has 0 N–H and O–H groups in total. The molecule has 0 heterocycles. The second-order valence-corrected chi connectivity index (χ2v) is 11.2. The Morgan fingerprint density at radius 2 is 1.71 bits per heavy atom. The Morgan fingerprint density at radius 3 is 2.00 bits per heavy atom. The van der Waals surface area contributed by atoms with Gasteiger partial charge < -0.3 is 8.42 Å². The predicted octanol–water partition coefficient (Wildman–Crippen LogP) is -3.08. The van der Waals surface area contributed by atoms with Gasteiger partial charge in [0.25, 0.3) is 10.1 Å². The number of hydrogen-bond acceptors (Lipinski definition) is 6. The van der Waals surface area contributed by atoms with E-state index in [9.17, 15) is 21.4 Å². The summed E-state index contributed by atoms with van der Waals surface area (Å²) < 4.78 is 57.1. The van der Waals surface area contributed by atoms with E-state index in [4.69, 9.17) is 3.87 Å². The van der Waals surface area contributed by atoms with Crippen molar-refractivity contribution in [3.8, 4) is 0 Å². The third-order valence-corrected chi connectivity index (χ3v) is 8.49. The van der Waals surface area contributed by atoms with Crippen molar-refractivity contribution in [1.82, 2.24) is 0 Å². The van der Waals surface area contributed by atoms with Crippen molar-refractivity contribution in [1.29, 1.82) is 0 Å². The Bertz CT molecular complexity index is 429. The number of rotatable bonds is 6. The molecule has 0 saturated carbocycles. The molecule has 0 aromatic heterocycles. The van der Waals surface area contributed by atoms with Crippen molar-refractivity contribution in [3.05, 3.63) is 0 Å². The van der Waals surface area contributed by atoms with Gasteiger partial charge in [0.2, 0.25) is 0 Å². The zero-order valence-corrected chi connectivity index (χ0v) is 13.8. The summed E-state index contributed by atoms with van der Waals surface area (Å²) in [7, 11) is -10.6. The van der Waals surface area contributed by atoms with Gasteiger partial charge in [-0.1, -0.05) is 27.2 Å². The fourth-order valence-electron chi connectivity index (χ4n) is 0.584. The van der Waals surface area contributed by atoms with E-state index < -0.39 is 34.6 Å². The molecule has 0 fully saturated rings. The monoisotopic (exact) mass is 296 g/mol. The molecule has 6 nitrogen and oxygen atoms in total. The van der Waals surface area contributed by atoms with Gasteiger partial charge in [-0.05, 0) is 12.0 Å². The maximum absolute atomic E-state index is 11.4. The maximum Gasteiger partial charge on any atom is 1.00 e. The van der Waals surface area contributed by atoms with Crippen LogP contribution in [0.5, 0.6) is 0 Å². The molecule has 0 radical (unpaired) electrons. The fraction of sp³-hybridized carbons (Fsp3) is 1.00. The van der Waals surface area contributed by atoms with E-state index in [2.05, 4.69) is 0 Å². The largest absolute Gasteiger partial charge is 1.00 e. The van der Waals surface area contributed by atoms with E-state index in [0.717, 1.165) is 13.3 Å². The minimum atomic E-state index is -4.88. The van der Waals surface area contributed by atoms with Crippen molar-refractivity contribution in [3.63, 3.8) is 0 Å². The van der Waals surface area contributed by atoms with E-state index in [1.54, 1.807) is 0 Å². The van der Waals surface area contributed by atoms with Crippen LogP contribution in [0.2, 0.25) is 5.04 Å². The molecule has 0 saturated heterocycles. The number of hydrogen-bond donors (Lipinski definition) is 0. The van der Waals surface area contributed by atoms with Crippen LogP contribution in [-0.4, -0.2) is 35.7 Å². The van der Waals surface area contributed by atoms with Crippen molar-refractivity contribution in [2.75, 3.05) is 0 Å². The Kier molecular flexibility index (Phi) is 7.87. The summed E-state index contributed by atoms with van der Waals surface area (Å²) in [5.74, 6) is 0. The molecular weight excluding hydrogens is 279 g/mol. The molecule has 0 aliphatic heterocycles. The van der Waals surface area contributed by atoms with Gasteiger partial charge in [0.15, 0.2) is 14.3 Å². The molecule has 0 rings (SSSR count). The summed E-state index contributed by atoms with van der Waals surface area (Å²) in [5, 5.41) is -0.251. The van der Waals surface area contributed by atoms with Crippen molar-refractivity contribution in [2.24, 2.45) is 0 Å². The molecule has 0 aliphatic rings. The van der Waals surface area contributed by atoms with E-state index >= 15 is 0 Å². The second kappa shape index (κ2) is 6.70. The Labute approximate surface area is 118 Å². The first-order valence-electron chi connectivity index (χ1n) is 4.75. The molecule has 0 aliphatic carbocycles. The molecule has 0 bridgehead atoms. The van der Waals surface area contributed by atoms with Crippen LogP contribution >= 0.6 is 0 Å². The van der Waals surface area contributed by atoms with Crippen LogP contribution in [0.1, 0.15) is 34.1 Å². The molecule has 0 aromatic rings. The van der Waals surface area contributed by atoms with E-state index in [0.29, 0.717) is 0 Å². The Balaban J connectivity index is 0.